The van der Waals surface area contributed by atoms with Gasteiger partial charge in [-0.25, -0.2) is 0 Å². The van der Waals surface area contributed by atoms with Gasteiger partial charge in [0.15, 0.2) is 0 Å². The molecule has 1 aromatic heterocycles. The van der Waals surface area contributed by atoms with E-state index in [0.717, 1.165) is 29.5 Å². The Kier molecular flexibility index (Phi) is 9.31. The molecule has 1 atom stereocenters. The number of alkyl halides is 6. The first-order chi connectivity index (χ1) is 17.0. The number of unbranched alkanes of at least 4 members (excludes halogenated alkanes) is 3. The lowest BCUT2D eigenvalue weighted by molar-refractivity contribution is -0.139. The molecule has 0 amide bonds. The van der Waals surface area contributed by atoms with Crippen LogP contribution in [0, 0.1) is 0 Å². The summed E-state index contributed by atoms with van der Waals surface area (Å²) in [5.74, 6) is -0.299. The molecule has 3 N–H and O–H groups in total. The summed E-state index contributed by atoms with van der Waals surface area (Å²) in [5.41, 5.74) is 4.86. The van der Waals surface area contributed by atoms with Gasteiger partial charge < -0.3 is 15.6 Å². The predicted molar refractivity (Wildman–Crippen MR) is 123 cm³/mol. The van der Waals surface area contributed by atoms with Gasteiger partial charge >= 0.3 is 12.4 Å². The van der Waals surface area contributed by atoms with Crippen molar-refractivity contribution in [3.05, 3.63) is 64.2 Å². The number of aliphatic hydroxyl groups is 1. The molecule has 1 unspecified atom stereocenters. The topological polar surface area (TPSA) is 81.3 Å². The Bertz CT molecular complexity index is 1130. The highest BCUT2D eigenvalue weighted by atomic mass is 32.1. The van der Waals surface area contributed by atoms with Crippen LogP contribution in [0.1, 0.15) is 53.4 Å². The van der Waals surface area contributed by atoms with E-state index in [1.807, 2.05) is 0 Å². The van der Waals surface area contributed by atoms with E-state index in [2.05, 4.69) is 10.2 Å². The van der Waals surface area contributed by atoms with Crippen molar-refractivity contribution < 1.29 is 36.2 Å². The van der Waals surface area contributed by atoms with E-state index in [1.165, 1.54) is 18.2 Å². The first-order valence-corrected chi connectivity index (χ1v) is 12.0. The van der Waals surface area contributed by atoms with Crippen molar-refractivity contribution in [1.29, 1.82) is 0 Å². The molecule has 36 heavy (non-hydrogen) atoms. The lowest BCUT2D eigenvalue weighted by Crippen LogP contribution is -2.13. The Morgan fingerprint density at radius 3 is 2.36 bits per heavy atom. The number of aromatic nitrogens is 2. The molecule has 0 saturated carbocycles. The molecule has 0 aliphatic rings. The zero-order chi connectivity index (χ0) is 26.3. The minimum absolute atomic E-state index is 0.0697. The predicted octanol–water partition coefficient (Wildman–Crippen LogP) is 6.42. The smallest absolute Gasteiger partial charge is 0.419 e. The Morgan fingerprint density at radius 1 is 0.917 bits per heavy atom. The third-order valence-electron chi connectivity index (χ3n) is 5.36. The van der Waals surface area contributed by atoms with Crippen LogP contribution in [0.2, 0.25) is 0 Å². The summed E-state index contributed by atoms with van der Waals surface area (Å²) in [5, 5.41) is 17.3. The average molecular weight is 534 g/mol. The molecular weight excluding hydrogens is 508 g/mol. The number of rotatable bonds is 11. The molecule has 12 heteroatoms. The fourth-order valence-corrected chi connectivity index (χ4v) is 4.29. The number of aliphatic hydroxyl groups excluding tert-OH is 1. The number of nitrogens with two attached hydrogens (primary N) is 1. The molecule has 2 aromatic carbocycles. The SMILES string of the molecule is NC(CO)c1nnc(-c2ccc(OCCCCCCc3cccc(C(F)(F)F)c3)c(C(F)(F)F)c2)s1. The third-order valence-corrected chi connectivity index (χ3v) is 6.46. The first kappa shape index (κ1) is 27.9. The maximum atomic E-state index is 13.6. The van der Waals surface area contributed by atoms with Crippen LogP contribution in [-0.2, 0) is 18.8 Å². The Morgan fingerprint density at radius 2 is 1.67 bits per heavy atom. The summed E-state index contributed by atoms with van der Waals surface area (Å²) >= 11 is 1.00. The first-order valence-electron chi connectivity index (χ1n) is 11.2. The van der Waals surface area contributed by atoms with Crippen LogP contribution in [0.25, 0.3) is 10.6 Å². The molecule has 0 spiro atoms. The second-order valence-electron chi connectivity index (χ2n) is 8.15. The number of nitrogens with zero attached hydrogens (tertiary/aromatic N) is 2. The number of hydrogen-bond donors (Lipinski definition) is 2. The van der Waals surface area contributed by atoms with Crippen LogP contribution in [0.4, 0.5) is 26.3 Å². The fraction of sp³-hybridized carbons (Fsp3) is 0.417. The van der Waals surface area contributed by atoms with Crippen molar-refractivity contribution in [1.82, 2.24) is 10.2 Å². The van der Waals surface area contributed by atoms with Crippen molar-refractivity contribution in [2.75, 3.05) is 13.2 Å². The molecule has 196 valence electrons. The van der Waals surface area contributed by atoms with Crippen molar-refractivity contribution in [2.45, 2.75) is 50.5 Å². The van der Waals surface area contributed by atoms with Gasteiger partial charge in [-0.15, -0.1) is 10.2 Å². The fourth-order valence-electron chi connectivity index (χ4n) is 3.46. The van der Waals surface area contributed by atoms with Gasteiger partial charge in [0, 0.05) is 5.56 Å². The lowest BCUT2D eigenvalue weighted by Gasteiger charge is -2.15. The highest BCUT2D eigenvalue weighted by molar-refractivity contribution is 7.14. The van der Waals surface area contributed by atoms with E-state index in [0.29, 0.717) is 42.7 Å². The second kappa shape index (κ2) is 12.0. The van der Waals surface area contributed by atoms with Crippen LogP contribution >= 0.6 is 11.3 Å². The van der Waals surface area contributed by atoms with E-state index < -0.39 is 29.5 Å². The Balaban J connectivity index is 1.51. The molecule has 3 rings (SSSR count). The van der Waals surface area contributed by atoms with E-state index in [-0.39, 0.29) is 29.5 Å². The van der Waals surface area contributed by atoms with Crippen molar-refractivity contribution in [3.63, 3.8) is 0 Å². The third kappa shape index (κ3) is 7.65. The average Bonchev–Trinajstić information content (AvgIpc) is 3.32. The summed E-state index contributed by atoms with van der Waals surface area (Å²) in [4.78, 5) is 0. The highest BCUT2D eigenvalue weighted by Crippen LogP contribution is 2.39. The molecule has 3 aromatic rings. The summed E-state index contributed by atoms with van der Waals surface area (Å²) < 4.78 is 84.7. The van der Waals surface area contributed by atoms with Gasteiger partial charge in [0.05, 0.1) is 30.4 Å². The van der Waals surface area contributed by atoms with Crippen LogP contribution < -0.4 is 10.5 Å². The molecule has 0 aliphatic heterocycles. The van der Waals surface area contributed by atoms with Gasteiger partial charge in [0.25, 0.3) is 0 Å². The van der Waals surface area contributed by atoms with Crippen molar-refractivity contribution >= 4 is 11.3 Å². The standard InChI is InChI=1S/C24H25F6N3O2S/c25-23(26,27)17-8-5-7-15(12-17)6-3-1-2-4-11-35-20-10-9-16(13-18(20)24(28,29)30)21-32-33-22(36-21)19(31)14-34/h5,7-10,12-13,19,34H,1-4,6,11,14,31H2. The van der Waals surface area contributed by atoms with Crippen LogP contribution in [0.5, 0.6) is 5.75 Å². The lowest BCUT2D eigenvalue weighted by atomic mass is 10.0. The molecule has 0 bridgehead atoms. The van der Waals surface area contributed by atoms with Gasteiger partial charge in [-0.05, 0) is 49.1 Å². The second-order valence-corrected chi connectivity index (χ2v) is 9.16. The van der Waals surface area contributed by atoms with E-state index in [1.54, 1.807) is 6.07 Å². The Hall–Kier alpha value is -2.70. The van der Waals surface area contributed by atoms with Crippen LogP contribution in [0.3, 0.4) is 0 Å². The van der Waals surface area contributed by atoms with Gasteiger partial charge in [-0.2, -0.15) is 26.3 Å². The minimum Gasteiger partial charge on any atom is -0.493 e. The largest absolute Gasteiger partial charge is 0.493 e. The number of aryl methyl sites for hydroxylation is 1. The summed E-state index contributed by atoms with van der Waals surface area (Å²) in [6.07, 6.45) is -6.01. The Labute approximate surface area is 207 Å². The normalized spacial score (nSPS) is 13.1. The van der Waals surface area contributed by atoms with E-state index in [4.69, 9.17) is 15.6 Å². The molecule has 0 aliphatic carbocycles. The van der Waals surface area contributed by atoms with Gasteiger partial charge in [0.2, 0.25) is 0 Å². The number of hydrogen-bond acceptors (Lipinski definition) is 6. The molecule has 5 nitrogen and oxygen atoms in total. The number of halogens is 6. The summed E-state index contributed by atoms with van der Waals surface area (Å²) in [6.45, 7) is -0.291. The van der Waals surface area contributed by atoms with Gasteiger partial charge in [0.1, 0.15) is 15.8 Å². The number of ether oxygens (including phenoxy) is 1. The van der Waals surface area contributed by atoms with Crippen LogP contribution in [0.15, 0.2) is 42.5 Å². The maximum absolute atomic E-state index is 13.6. The van der Waals surface area contributed by atoms with Crippen LogP contribution in [-0.4, -0.2) is 28.5 Å². The molecule has 0 radical (unpaired) electrons. The molecule has 1 heterocycles. The maximum Gasteiger partial charge on any atom is 0.419 e. The summed E-state index contributed by atoms with van der Waals surface area (Å²) in [7, 11) is 0. The van der Waals surface area contributed by atoms with Gasteiger partial charge in [-0.3, -0.25) is 0 Å². The highest BCUT2D eigenvalue weighted by Gasteiger charge is 2.35. The molecule has 0 fully saturated rings. The van der Waals surface area contributed by atoms with E-state index in [9.17, 15) is 26.3 Å². The van der Waals surface area contributed by atoms with Gasteiger partial charge in [-0.1, -0.05) is 42.4 Å². The van der Waals surface area contributed by atoms with Crippen molar-refractivity contribution in [2.24, 2.45) is 5.73 Å². The zero-order valence-electron chi connectivity index (χ0n) is 19.1. The zero-order valence-corrected chi connectivity index (χ0v) is 19.9. The molecule has 0 saturated heterocycles. The minimum atomic E-state index is -4.65. The quantitative estimate of drug-likeness (QED) is 0.220. The van der Waals surface area contributed by atoms with Crippen molar-refractivity contribution in [3.8, 4) is 16.3 Å². The number of benzene rings is 2. The van der Waals surface area contributed by atoms with E-state index >= 15 is 0 Å². The molecular formula is C24H25F6N3O2S. The summed E-state index contributed by atoms with van der Waals surface area (Å²) in [6, 6.07) is 8.06. The monoisotopic (exact) mass is 533 g/mol.